The van der Waals surface area contributed by atoms with Gasteiger partial charge in [-0.25, -0.2) is 0 Å². The average Bonchev–Trinajstić information content (AvgIpc) is 2.66. The lowest BCUT2D eigenvalue weighted by atomic mass is 10.1. The Morgan fingerprint density at radius 1 is 1.11 bits per heavy atom. The molecule has 2 aromatic carbocycles. The zero-order valence-electron chi connectivity index (χ0n) is 16.0. The Hall–Kier alpha value is -2.44. The van der Waals surface area contributed by atoms with Crippen LogP contribution < -0.4 is 10.7 Å². The third-order valence-electron chi connectivity index (χ3n) is 4.51. The summed E-state index contributed by atoms with van der Waals surface area (Å²) >= 11 is 1.61. The number of hydrogen-bond acceptors (Lipinski definition) is 5. The van der Waals surface area contributed by atoms with E-state index in [1.54, 1.807) is 23.3 Å². The molecule has 1 amide bonds. The fourth-order valence-electron chi connectivity index (χ4n) is 3.15. The molecule has 3 aromatic rings. The van der Waals surface area contributed by atoms with Crippen LogP contribution in [0.3, 0.4) is 0 Å². The molecule has 5 nitrogen and oxygen atoms in total. The molecule has 0 saturated carbocycles. The number of nitrogens with zero attached hydrogens (tertiary/aromatic N) is 2. The number of carbonyl (C=O) groups excluding carboxylic acids is 1. The topological polar surface area (TPSA) is 52.6 Å². The van der Waals surface area contributed by atoms with Gasteiger partial charge in [0.15, 0.2) is 5.43 Å². The van der Waals surface area contributed by atoms with Gasteiger partial charge >= 0.3 is 0 Å². The predicted octanol–water partition coefficient (Wildman–Crippen LogP) is 3.37. The van der Waals surface area contributed by atoms with Crippen LogP contribution in [0.15, 0.2) is 41.2 Å². The van der Waals surface area contributed by atoms with E-state index >= 15 is 0 Å². The van der Waals surface area contributed by atoms with Crippen LogP contribution in [0.4, 0.5) is 5.69 Å². The van der Waals surface area contributed by atoms with E-state index in [0.717, 1.165) is 57.3 Å². The van der Waals surface area contributed by atoms with Crippen molar-refractivity contribution in [3.63, 3.8) is 0 Å². The first kappa shape index (κ1) is 19.3. The number of fused-ring (bicyclic) bond motifs is 2. The number of rotatable bonds is 8. The quantitative estimate of drug-likeness (QED) is 0.368. The fourth-order valence-corrected chi connectivity index (χ4v) is 4.36. The van der Waals surface area contributed by atoms with Crippen molar-refractivity contribution in [1.29, 1.82) is 0 Å². The summed E-state index contributed by atoms with van der Waals surface area (Å²) in [6.45, 7) is 2.27. The maximum Gasteiger partial charge on any atom is 0.209 e. The molecule has 0 saturated heterocycles. The van der Waals surface area contributed by atoms with Gasteiger partial charge in [0, 0.05) is 40.6 Å². The molecule has 1 heterocycles. The molecule has 27 heavy (non-hydrogen) atoms. The summed E-state index contributed by atoms with van der Waals surface area (Å²) in [4.78, 5) is 28.0. The molecular weight excluding hydrogens is 358 g/mol. The van der Waals surface area contributed by atoms with Gasteiger partial charge in [0.25, 0.3) is 0 Å². The summed E-state index contributed by atoms with van der Waals surface area (Å²) in [5.41, 5.74) is 1.91. The van der Waals surface area contributed by atoms with Crippen molar-refractivity contribution in [3.8, 4) is 0 Å². The zero-order chi connectivity index (χ0) is 19.4. The third kappa shape index (κ3) is 4.28. The molecule has 0 fully saturated rings. The van der Waals surface area contributed by atoms with Gasteiger partial charge in [0.1, 0.15) is 0 Å². The summed E-state index contributed by atoms with van der Waals surface area (Å²) < 4.78 is 1.92. The standard InChI is InChI=1S/C21H25N3O2S/c1-23(2)12-6-11-22-17-10-9-15(13-24(3)14-25)21-19(17)20(26)16-7-4-5-8-18(16)27-21/h4-5,7-10,14,22H,6,11-13H2,1-3H3. The van der Waals surface area contributed by atoms with E-state index in [9.17, 15) is 9.59 Å². The van der Waals surface area contributed by atoms with E-state index < -0.39 is 0 Å². The fraction of sp³-hybridized carbons (Fsp3) is 0.333. The van der Waals surface area contributed by atoms with Crippen molar-refractivity contribution in [2.45, 2.75) is 13.0 Å². The van der Waals surface area contributed by atoms with Gasteiger partial charge in [-0.15, -0.1) is 11.3 Å². The molecule has 3 rings (SSSR count). The summed E-state index contributed by atoms with van der Waals surface area (Å²) in [5.74, 6) is 0. The molecule has 6 heteroatoms. The minimum Gasteiger partial charge on any atom is -0.384 e. The van der Waals surface area contributed by atoms with Crippen LogP contribution in [0, 0.1) is 0 Å². The van der Waals surface area contributed by atoms with Crippen LogP contribution in [-0.4, -0.2) is 50.4 Å². The van der Waals surface area contributed by atoms with E-state index in [1.165, 1.54) is 0 Å². The lowest BCUT2D eigenvalue weighted by Crippen LogP contribution is -2.18. The summed E-state index contributed by atoms with van der Waals surface area (Å²) in [7, 11) is 5.85. The van der Waals surface area contributed by atoms with Gasteiger partial charge in [-0.2, -0.15) is 0 Å². The monoisotopic (exact) mass is 383 g/mol. The van der Waals surface area contributed by atoms with Crippen LogP contribution in [0.25, 0.3) is 20.2 Å². The molecular formula is C21H25N3O2S. The molecule has 1 N–H and O–H groups in total. The number of benzene rings is 2. The minimum absolute atomic E-state index is 0.0464. The number of anilines is 1. The summed E-state index contributed by atoms with van der Waals surface area (Å²) in [6.07, 6.45) is 1.80. The molecule has 0 spiro atoms. The van der Waals surface area contributed by atoms with Crippen LogP contribution in [0.5, 0.6) is 0 Å². The van der Waals surface area contributed by atoms with Crippen molar-refractivity contribution in [2.24, 2.45) is 0 Å². The Morgan fingerprint density at radius 3 is 2.63 bits per heavy atom. The largest absolute Gasteiger partial charge is 0.384 e. The van der Waals surface area contributed by atoms with Gasteiger partial charge in [0.05, 0.1) is 5.39 Å². The van der Waals surface area contributed by atoms with Crippen LogP contribution in [-0.2, 0) is 11.3 Å². The molecule has 0 aliphatic rings. The molecule has 0 radical (unpaired) electrons. The van der Waals surface area contributed by atoms with Crippen LogP contribution >= 0.6 is 11.3 Å². The average molecular weight is 384 g/mol. The Bertz CT molecular complexity index is 1010. The predicted molar refractivity (Wildman–Crippen MR) is 115 cm³/mol. The molecule has 0 unspecified atom stereocenters. The highest BCUT2D eigenvalue weighted by Crippen LogP contribution is 2.32. The Balaban J connectivity index is 2.10. The summed E-state index contributed by atoms with van der Waals surface area (Å²) in [6, 6.07) is 11.7. The molecule has 1 aromatic heterocycles. The van der Waals surface area contributed by atoms with Crippen molar-refractivity contribution in [2.75, 3.05) is 39.5 Å². The minimum atomic E-state index is 0.0464. The first-order chi connectivity index (χ1) is 13.0. The lowest BCUT2D eigenvalue weighted by Gasteiger charge is -2.16. The van der Waals surface area contributed by atoms with E-state index in [4.69, 9.17) is 0 Å². The lowest BCUT2D eigenvalue weighted by molar-refractivity contribution is -0.117. The second-order valence-electron chi connectivity index (χ2n) is 7.01. The van der Waals surface area contributed by atoms with E-state index in [0.29, 0.717) is 6.54 Å². The smallest absolute Gasteiger partial charge is 0.209 e. The molecule has 0 bridgehead atoms. The van der Waals surface area contributed by atoms with Crippen molar-refractivity contribution >= 4 is 43.6 Å². The second-order valence-corrected chi connectivity index (χ2v) is 8.06. The highest BCUT2D eigenvalue weighted by atomic mass is 32.1. The number of amides is 1. The highest BCUT2D eigenvalue weighted by molar-refractivity contribution is 7.24. The zero-order valence-corrected chi connectivity index (χ0v) is 16.8. The first-order valence-corrected chi connectivity index (χ1v) is 9.84. The molecule has 0 aliphatic carbocycles. The maximum atomic E-state index is 13.2. The molecule has 0 aliphatic heterocycles. The number of hydrogen-bond donors (Lipinski definition) is 1. The second kappa shape index (κ2) is 8.50. The van der Waals surface area contributed by atoms with Gasteiger partial charge in [0.2, 0.25) is 6.41 Å². The molecule has 0 atom stereocenters. The third-order valence-corrected chi connectivity index (χ3v) is 5.75. The first-order valence-electron chi connectivity index (χ1n) is 9.03. The van der Waals surface area contributed by atoms with Gasteiger partial charge in [-0.05, 0) is 50.8 Å². The van der Waals surface area contributed by atoms with Crippen LogP contribution in [0.2, 0.25) is 0 Å². The van der Waals surface area contributed by atoms with Gasteiger partial charge in [-0.1, -0.05) is 18.2 Å². The van der Waals surface area contributed by atoms with E-state index in [2.05, 4.69) is 24.3 Å². The van der Waals surface area contributed by atoms with Crippen molar-refractivity contribution in [3.05, 3.63) is 52.2 Å². The van der Waals surface area contributed by atoms with Crippen molar-refractivity contribution < 1.29 is 4.79 Å². The Kier molecular flexibility index (Phi) is 6.08. The van der Waals surface area contributed by atoms with Crippen molar-refractivity contribution in [1.82, 2.24) is 9.80 Å². The van der Waals surface area contributed by atoms with E-state index in [1.807, 2.05) is 36.4 Å². The van der Waals surface area contributed by atoms with E-state index in [-0.39, 0.29) is 5.43 Å². The maximum absolute atomic E-state index is 13.2. The van der Waals surface area contributed by atoms with Crippen LogP contribution in [0.1, 0.15) is 12.0 Å². The normalized spacial score (nSPS) is 11.3. The highest BCUT2D eigenvalue weighted by Gasteiger charge is 2.14. The van der Waals surface area contributed by atoms with Gasteiger partial charge in [-0.3, -0.25) is 9.59 Å². The number of nitrogens with one attached hydrogen (secondary N) is 1. The Morgan fingerprint density at radius 2 is 1.89 bits per heavy atom. The Labute approximate surface area is 163 Å². The summed E-state index contributed by atoms with van der Waals surface area (Å²) in [5, 5.41) is 4.91. The molecule has 142 valence electrons. The SMILES string of the molecule is CN(C)CCCNc1ccc(CN(C)C=O)c2sc3ccccc3c(=O)c12. The number of carbonyl (C=O) groups is 1. The van der Waals surface area contributed by atoms with Gasteiger partial charge < -0.3 is 15.1 Å².